The summed E-state index contributed by atoms with van der Waals surface area (Å²) >= 11 is 0. The van der Waals surface area contributed by atoms with Crippen molar-refractivity contribution in [1.82, 2.24) is 0 Å². The van der Waals surface area contributed by atoms with Crippen molar-refractivity contribution in [2.75, 3.05) is 0 Å². The maximum atomic E-state index is 12.3. The molecule has 0 fully saturated rings. The second kappa shape index (κ2) is 4.41. The third-order valence-corrected chi connectivity index (χ3v) is 3.94. The first-order valence-corrected chi connectivity index (χ1v) is 8.89. The van der Waals surface area contributed by atoms with Crippen molar-refractivity contribution < 1.29 is 16.4 Å². The summed E-state index contributed by atoms with van der Waals surface area (Å²) in [6.45, 7) is 1.91. The summed E-state index contributed by atoms with van der Waals surface area (Å²) in [7, 11) is -7.97. The Morgan fingerprint density at radius 3 is 1.17 bits per heavy atom. The Hall–Kier alpha value is 0.154. The molecule has 0 aromatic rings. The van der Waals surface area contributed by atoms with Gasteiger partial charge in [0.15, 0.2) is 0 Å². The van der Waals surface area contributed by atoms with Crippen molar-refractivity contribution in [3.63, 3.8) is 0 Å². The lowest BCUT2D eigenvalue weighted by Crippen LogP contribution is -2.18. The number of hydrogen-bond donors (Lipinski definition) is 0. The van der Waals surface area contributed by atoms with Crippen LogP contribution in [0.2, 0.25) is 25.2 Å². The fraction of sp³-hybridized carbons (Fsp3) is 1.00. The van der Waals surface area contributed by atoms with Crippen LogP contribution in [0.5, 0.6) is 0 Å². The Morgan fingerprint density at radius 2 is 1.00 bits per heavy atom. The molecule has 0 saturated heterocycles. The third kappa shape index (κ3) is 10.2. The van der Waals surface area contributed by atoms with E-state index >= 15 is 0 Å². The molecule has 0 N–H and O–H groups in total. The molecule has 0 aliphatic rings. The van der Waals surface area contributed by atoms with Gasteiger partial charge in [0.05, 0.1) is 0 Å². The van der Waals surface area contributed by atoms with Crippen LogP contribution in [0.15, 0.2) is 0 Å². The molecular weight excluding hydrogens is 204 g/mol. The van der Waals surface area contributed by atoms with Gasteiger partial charge < -0.3 is 0 Å². The molecule has 74 valence electrons. The van der Waals surface area contributed by atoms with Crippen LogP contribution in [0.4, 0.5) is 16.4 Å². The highest BCUT2D eigenvalue weighted by molar-refractivity contribution is 6.65. The molecule has 0 aliphatic heterocycles. The monoisotopic (exact) mass is 218 g/mol. The first-order valence-electron chi connectivity index (χ1n) is 3.96. The van der Waals surface area contributed by atoms with E-state index in [1.54, 1.807) is 0 Å². The second-order valence-corrected chi connectivity index (χ2v) is 8.63. The maximum absolute atomic E-state index is 12.3. The van der Waals surface area contributed by atoms with Gasteiger partial charge in [0.25, 0.3) is 0 Å². The predicted octanol–water partition coefficient (Wildman–Crippen LogP) is 3.79. The minimum atomic E-state index is -3.98. The molecule has 0 radical (unpaired) electrons. The highest BCUT2D eigenvalue weighted by atomic mass is 28.4. The van der Waals surface area contributed by atoms with Gasteiger partial charge in [-0.2, -0.15) is 0 Å². The van der Waals surface area contributed by atoms with E-state index in [0.717, 1.165) is 13.1 Å². The molecule has 0 aromatic carbocycles. The Morgan fingerprint density at radius 1 is 0.750 bits per heavy atom. The fourth-order valence-corrected chi connectivity index (χ4v) is 2.61. The molecular formula is C6H14F4Si2. The van der Waals surface area contributed by atoms with Gasteiger partial charge in [-0.3, -0.25) is 16.4 Å². The van der Waals surface area contributed by atoms with Gasteiger partial charge in [0.2, 0.25) is 0 Å². The average Bonchev–Trinajstić information content (AvgIpc) is 1.76. The van der Waals surface area contributed by atoms with Crippen molar-refractivity contribution >= 4 is 17.5 Å². The van der Waals surface area contributed by atoms with E-state index in [0.29, 0.717) is 0 Å². The average molecular weight is 218 g/mol. The standard InChI is InChI=1S/C6H14F4Si2/c1-11(7,8)5-3-4-6-12(2,9)10/h3-6H2,1-2H3. The lowest BCUT2D eigenvalue weighted by molar-refractivity contribution is 0.575. The van der Waals surface area contributed by atoms with Crippen molar-refractivity contribution in [1.29, 1.82) is 0 Å². The molecule has 0 aromatic heterocycles. The number of hydrogen-bond acceptors (Lipinski definition) is 0. The fourth-order valence-electron chi connectivity index (χ4n) is 0.871. The van der Waals surface area contributed by atoms with Crippen molar-refractivity contribution in [3.8, 4) is 0 Å². The van der Waals surface area contributed by atoms with Gasteiger partial charge in [-0.25, -0.2) is 0 Å². The summed E-state index contributed by atoms with van der Waals surface area (Å²) in [6, 6.07) is -0.283. The molecule has 0 nitrogen and oxygen atoms in total. The SMILES string of the molecule is C[Si](F)(F)CCCC[Si](C)(F)F. The normalized spacial score (nSPS) is 13.5. The van der Waals surface area contributed by atoms with E-state index in [9.17, 15) is 16.4 Å². The summed E-state index contributed by atoms with van der Waals surface area (Å²) in [5, 5.41) is 0. The number of rotatable bonds is 5. The summed E-state index contributed by atoms with van der Waals surface area (Å²) < 4.78 is 49.2. The van der Waals surface area contributed by atoms with Gasteiger partial charge in [0, 0.05) is 0 Å². The van der Waals surface area contributed by atoms with Crippen LogP contribution in [0.1, 0.15) is 12.8 Å². The second-order valence-electron chi connectivity index (χ2n) is 3.35. The Balaban J connectivity index is 3.35. The topological polar surface area (TPSA) is 0 Å². The molecule has 0 atom stereocenters. The lowest BCUT2D eigenvalue weighted by Gasteiger charge is -2.08. The summed E-state index contributed by atoms with van der Waals surface area (Å²) in [6.07, 6.45) is 0.512. The molecule has 0 saturated carbocycles. The molecule has 0 unspecified atom stereocenters. The van der Waals surface area contributed by atoms with Crippen LogP contribution in [-0.4, -0.2) is 17.5 Å². The highest BCUT2D eigenvalue weighted by Crippen LogP contribution is 2.21. The van der Waals surface area contributed by atoms with Crippen LogP contribution in [-0.2, 0) is 0 Å². The van der Waals surface area contributed by atoms with Crippen molar-refractivity contribution in [3.05, 3.63) is 0 Å². The largest absolute Gasteiger partial charge is 0.422 e. The quantitative estimate of drug-likeness (QED) is 0.285. The zero-order valence-corrected chi connectivity index (χ0v) is 9.34. The molecule has 0 heterocycles. The highest BCUT2D eigenvalue weighted by Gasteiger charge is 2.29. The molecule has 0 bridgehead atoms. The van der Waals surface area contributed by atoms with E-state index in [4.69, 9.17) is 0 Å². The van der Waals surface area contributed by atoms with Crippen LogP contribution in [0.3, 0.4) is 0 Å². The van der Waals surface area contributed by atoms with E-state index in [2.05, 4.69) is 0 Å². The van der Waals surface area contributed by atoms with Gasteiger partial charge in [-0.15, -0.1) is 0 Å². The van der Waals surface area contributed by atoms with Crippen LogP contribution in [0, 0.1) is 0 Å². The smallest absolute Gasteiger partial charge is 0.271 e. The number of unbranched alkanes of at least 4 members (excludes halogenated alkanes) is 1. The first-order chi connectivity index (χ1) is 5.21. The van der Waals surface area contributed by atoms with Gasteiger partial charge in [-0.1, -0.05) is 12.8 Å². The van der Waals surface area contributed by atoms with Crippen LogP contribution >= 0.6 is 0 Å². The molecule has 0 aliphatic carbocycles. The van der Waals surface area contributed by atoms with Gasteiger partial charge in [-0.05, 0) is 25.2 Å². The van der Waals surface area contributed by atoms with Gasteiger partial charge >= 0.3 is 17.5 Å². The van der Waals surface area contributed by atoms with Crippen LogP contribution < -0.4 is 0 Å². The predicted molar refractivity (Wildman–Crippen MR) is 46.5 cm³/mol. The van der Waals surface area contributed by atoms with Crippen LogP contribution in [0.25, 0.3) is 0 Å². The zero-order valence-electron chi connectivity index (χ0n) is 7.34. The molecule has 6 heteroatoms. The van der Waals surface area contributed by atoms with E-state index in [1.807, 2.05) is 0 Å². The Kier molecular flexibility index (Phi) is 4.46. The van der Waals surface area contributed by atoms with E-state index in [-0.39, 0.29) is 24.9 Å². The first kappa shape index (κ1) is 12.2. The molecule has 0 spiro atoms. The minimum absolute atomic E-state index is 0.141. The van der Waals surface area contributed by atoms with E-state index in [1.165, 1.54) is 0 Å². The number of halogens is 4. The lowest BCUT2D eigenvalue weighted by atomic mass is 10.4. The molecule has 0 rings (SSSR count). The Labute approximate surface area is 72.7 Å². The van der Waals surface area contributed by atoms with Gasteiger partial charge in [0.1, 0.15) is 0 Å². The third-order valence-electron chi connectivity index (χ3n) is 1.48. The molecule has 0 amide bonds. The zero-order chi connectivity index (χ0) is 9.83. The summed E-state index contributed by atoms with van der Waals surface area (Å²) in [5.41, 5.74) is 0. The van der Waals surface area contributed by atoms with E-state index < -0.39 is 17.5 Å². The summed E-state index contributed by atoms with van der Waals surface area (Å²) in [5.74, 6) is 0. The van der Waals surface area contributed by atoms with Crippen molar-refractivity contribution in [2.24, 2.45) is 0 Å². The maximum Gasteiger partial charge on any atom is 0.422 e. The Bertz CT molecular complexity index is 110. The minimum Gasteiger partial charge on any atom is -0.271 e. The van der Waals surface area contributed by atoms with Crippen molar-refractivity contribution in [2.45, 2.75) is 38.0 Å². The molecule has 12 heavy (non-hydrogen) atoms. The summed E-state index contributed by atoms with van der Waals surface area (Å²) in [4.78, 5) is 0.